The number of carbonyl (C=O) groups excluding carboxylic acids is 1. The van der Waals surface area contributed by atoms with Crippen molar-refractivity contribution in [3.63, 3.8) is 0 Å². The van der Waals surface area contributed by atoms with E-state index in [4.69, 9.17) is 4.52 Å². The quantitative estimate of drug-likeness (QED) is 0.416. The van der Waals surface area contributed by atoms with Gasteiger partial charge in [0.1, 0.15) is 17.8 Å². The maximum atomic E-state index is 12.6. The van der Waals surface area contributed by atoms with Gasteiger partial charge in [-0.2, -0.15) is 10.1 Å². The summed E-state index contributed by atoms with van der Waals surface area (Å²) in [4.78, 5) is 25.6. The summed E-state index contributed by atoms with van der Waals surface area (Å²) >= 11 is 0. The lowest BCUT2D eigenvalue weighted by molar-refractivity contribution is 0.0973. The lowest BCUT2D eigenvalue weighted by atomic mass is 9.92. The van der Waals surface area contributed by atoms with Gasteiger partial charge in [-0.25, -0.2) is 9.97 Å². The molecule has 0 atom stereocenters. The van der Waals surface area contributed by atoms with E-state index < -0.39 is 0 Å². The molecule has 0 fully saturated rings. The Morgan fingerprint density at radius 2 is 2.00 bits per heavy atom. The molecule has 1 aromatic carbocycles. The number of aromatic nitrogens is 6. The first-order valence-corrected chi connectivity index (χ1v) is 10.7. The molecule has 0 radical (unpaired) electrons. The summed E-state index contributed by atoms with van der Waals surface area (Å²) in [7, 11) is 1.84. The molecule has 0 amide bonds. The van der Waals surface area contributed by atoms with Crippen LogP contribution in [-0.4, -0.2) is 35.7 Å². The fourth-order valence-electron chi connectivity index (χ4n) is 3.36. The second kappa shape index (κ2) is 8.93. The molecule has 0 spiro atoms. The Hall–Kier alpha value is -3.88. The van der Waals surface area contributed by atoms with Crippen molar-refractivity contribution in [3.8, 4) is 11.4 Å². The van der Waals surface area contributed by atoms with Crippen molar-refractivity contribution in [3.05, 3.63) is 65.6 Å². The molecule has 0 unspecified atom stereocenters. The van der Waals surface area contributed by atoms with Crippen LogP contribution in [0.5, 0.6) is 0 Å². The second-order valence-electron chi connectivity index (χ2n) is 9.05. The van der Waals surface area contributed by atoms with Gasteiger partial charge < -0.3 is 9.84 Å². The third kappa shape index (κ3) is 5.31. The zero-order valence-corrected chi connectivity index (χ0v) is 19.5. The minimum Gasteiger partial charge on any atom is -0.360 e. The fourth-order valence-corrected chi connectivity index (χ4v) is 3.36. The SMILES string of the molecule is Cc1cc(-c2ncnc(Nc3cnn(C)c3)n2)ccc1CCC(=O)c1cc(C(C)(C)C)on1. The van der Waals surface area contributed by atoms with E-state index in [9.17, 15) is 4.79 Å². The van der Waals surface area contributed by atoms with Crippen LogP contribution in [0.25, 0.3) is 11.4 Å². The van der Waals surface area contributed by atoms with E-state index in [-0.39, 0.29) is 11.2 Å². The molecule has 0 aliphatic carbocycles. The number of Topliss-reactive ketones (excluding diaryl/α,β-unsaturated/α-hetero) is 1. The largest absolute Gasteiger partial charge is 0.360 e. The molecule has 1 N–H and O–H groups in total. The number of ketones is 1. The fraction of sp³-hybridized carbons (Fsp3) is 0.333. The highest BCUT2D eigenvalue weighted by Crippen LogP contribution is 2.24. The molecule has 4 rings (SSSR count). The second-order valence-corrected chi connectivity index (χ2v) is 9.05. The summed E-state index contributed by atoms with van der Waals surface area (Å²) in [5, 5.41) is 11.2. The van der Waals surface area contributed by atoms with Gasteiger partial charge in [0.25, 0.3) is 0 Å². The number of benzene rings is 1. The molecular formula is C24H27N7O2. The van der Waals surface area contributed by atoms with Crippen LogP contribution in [-0.2, 0) is 18.9 Å². The molecule has 0 aliphatic rings. The van der Waals surface area contributed by atoms with Gasteiger partial charge >= 0.3 is 0 Å². The summed E-state index contributed by atoms with van der Waals surface area (Å²) in [5.41, 5.74) is 4.04. The first-order chi connectivity index (χ1) is 15.7. The van der Waals surface area contributed by atoms with Gasteiger partial charge in [0.2, 0.25) is 5.95 Å². The number of hydrogen-bond donors (Lipinski definition) is 1. The van der Waals surface area contributed by atoms with E-state index >= 15 is 0 Å². The van der Waals surface area contributed by atoms with Crippen molar-refractivity contribution in [1.82, 2.24) is 29.9 Å². The number of nitrogens with zero attached hydrogens (tertiary/aromatic N) is 6. The minimum atomic E-state index is -0.180. The molecule has 170 valence electrons. The third-order valence-electron chi connectivity index (χ3n) is 5.29. The van der Waals surface area contributed by atoms with Crippen LogP contribution in [0.2, 0.25) is 0 Å². The van der Waals surface area contributed by atoms with Gasteiger partial charge in [-0.3, -0.25) is 9.48 Å². The highest BCUT2D eigenvalue weighted by atomic mass is 16.5. The molecule has 33 heavy (non-hydrogen) atoms. The van der Waals surface area contributed by atoms with Crippen LogP contribution >= 0.6 is 0 Å². The Balaban J connectivity index is 1.43. The molecule has 0 bridgehead atoms. The van der Waals surface area contributed by atoms with Crippen LogP contribution in [0.3, 0.4) is 0 Å². The molecular weight excluding hydrogens is 418 g/mol. The van der Waals surface area contributed by atoms with E-state index in [0.717, 1.165) is 22.4 Å². The first kappa shape index (κ1) is 22.3. The average Bonchev–Trinajstić information content (AvgIpc) is 3.42. The van der Waals surface area contributed by atoms with Gasteiger partial charge in [-0.05, 0) is 30.5 Å². The molecule has 9 nitrogen and oxygen atoms in total. The van der Waals surface area contributed by atoms with Crippen LogP contribution in [0, 0.1) is 6.92 Å². The predicted molar refractivity (Wildman–Crippen MR) is 124 cm³/mol. The van der Waals surface area contributed by atoms with E-state index in [1.165, 1.54) is 6.33 Å². The number of anilines is 2. The van der Waals surface area contributed by atoms with Crippen molar-refractivity contribution >= 4 is 17.4 Å². The van der Waals surface area contributed by atoms with Gasteiger partial charge in [-0.15, -0.1) is 0 Å². The first-order valence-electron chi connectivity index (χ1n) is 10.7. The summed E-state index contributed by atoms with van der Waals surface area (Å²) in [6.45, 7) is 8.10. The monoisotopic (exact) mass is 445 g/mol. The number of hydrogen-bond acceptors (Lipinski definition) is 8. The van der Waals surface area contributed by atoms with Gasteiger partial charge in [0.05, 0.1) is 11.9 Å². The number of nitrogens with one attached hydrogen (secondary N) is 1. The lowest BCUT2D eigenvalue weighted by Gasteiger charge is -2.12. The molecule has 4 aromatic rings. The summed E-state index contributed by atoms with van der Waals surface area (Å²) < 4.78 is 7.04. The minimum absolute atomic E-state index is 0.0266. The zero-order valence-electron chi connectivity index (χ0n) is 19.5. The third-order valence-corrected chi connectivity index (χ3v) is 5.29. The maximum Gasteiger partial charge on any atom is 0.230 e. The average molecular weight is 446 g/mol. The molecule has 0 saturated heterocycles. The molecule has 0 aliphatic heterocycles. The van der Waals surface area contributed by atoms with E-state index in [0.29, 0.717) is 36.1 Å². The molecule has 0 saturated carbocycles. The van der Waals surface area contributed by atoms with Gasteiger partial charge in [0.15, 0.2) is 11.6 Å². The lowest BCUT2D eigenvalue weighted by Crippen LogP contribution is -2.09. The maximum absolute atomic E-state index is 12.6. The van der Waals surface area contributed by atoms with Crippen molar-refractivity contribution in [2.75, 3.05) is 5.32 Å². The molecule has 9 heteroatoms. The van der Waals surface area contributed by atoms with Gasteiger partial charge in [0, 0.05) is 36.7 Å². The normalized spacial score (nSPS) is 11.5. The van der Waals surface area contributed by atoms with Crippen molar-refractivity contribution in [1.29, 1.82) is 0 Å². The van der Waals surface area contributed by atoms with E-state index in [1.807, 2.05) is 59.1 Å². The Morgan fingerprint density at radius 3 is 2.67 bits per heavy atom. The molecule has 3 aromatic heterocycles. The van der Waals surface area contributed by atoms with Crippen LogP contribution in [0.15, 0.2) is 47.5 Å². The predicted octanol–water partition coefficient (Wildman–Crippen LogP) is 4.43. The standard InChI is InChI=1S/C24H27N7O2/c1-15-10-17(22-25-14-26-23(29-22)28-18-12-27-31(5)13-18)7-6-16(15)8-9-20(32)19-11-21(33-30-19)24(2,3)4/h6-7,10-14H,8-9H2,1-5H3,(H,25,26,28,29). The van der Waals surface area contributed by atoms with Crippen LogP contribution in [0.4, 0.5) is 11.6 Å². The summed E-state index contributed by atoms with van der Waals surface area (Å²) in [5.74, 6) is 1.70. The highest BCUT2D eigenvalue weighted by molar-refractivity contribution is 5.94. The van der Waals surface area contributed by atoms with E-state index in [2.05, 4.69) is 30.5 Å². The van der Waals surface area contributed by atoms with Crippen LogP contribution in [0.1, 0.15) is 54.6 Å². The van der Waals surface area contributed by atoms with Crippen molar-refractivity contribution in [2.24, 2.45) is 7.05 Å². The smallest absolute Gasteiger partial charge is 0.230 e. The summed E-state index contributed by atoms with van der Waals surface area (Å²) in [6, 6.07) is 7.75. The highest BCUT2D eigenvalue weighted by Gasteiger charge is 2.22. The number of rotatable bonds is 7. The summed E-state index contributed by atoms with van der Waals surface area (Å²) in [6.07, 6.45) is 6.00. The van der Waals surface area contributed by atoms with E-state index in [1.54, 1.807) is 16.9 Å². The number of aryl methyl sites for hydroxylation is 3. The Morgan fingerprint density at radius 1 is 1.18 bits per heavy atom. The zero-order chi connectivity index (χ0) is 23.6. The Bertz CT molecular complexity index is 1280. The van der Waals surface area contributed by atoms with Gasteiger partial charge in [-0.1, -0.05) is 38.1 Å². The Kier molecular flexibility index (Phi) is 6.04. The van der Waals surface area contributed by atoms with Crippen molar-refractivity contribution in [2.45, 2.75) is 46.0 Å². The topological polar surface area (TPSA) is 112 Å². The van der Waals surface area contributed by atoms with Crippen molar-refractivity contribution < 1.29 is 9.32 Å². The molecule has 3 heterocycles. The van der Waals surface area contributed by atoms with Crippen LogP contribution < -0.4 is 5.32 Å². The Labute approximate surface area is 192 Å². The number of carbonyl (C=O) groups is 1.